The van der Waals surface area contributed by atoms with Crippen molar-refractivity contribution in [3.63, 3.8) is 0 Å². The molecule has 176 valence electrons. The number of ether oxygens (including phenoxy) is 1. The third kappa shape index (κ3) is 5.33. The number of hydrogen-bond acceptors (Lipinski definition) is 7. The molecule has 33 heavy (non-hydrogen) atoms. The molecule has 2 aromatic rings. The summed E-state index contributed by atoms with van der Waals surface area (Å²) in [5.41, 5.74) is 1.04. The number of nitrogens with one attached hydrogen (secondary N) is 2. The van der Waals surface area contributed by atoms with Gasteiger partial charge in [0.2, 0.25) is 11.9 Å². The Hall–Kier alpha value is -2.59. The van der Waals surface area contributed by atoms with Crippen LogP contribution in [0.2, 0.25) is 0 Å². The van der Waals surface area contributed by atoms with Crippen LogP contribution in [0, 0.1) is 0 Å². The zero-order chi connectivity index (χ0) is 22.6. The minimum atomic E-state index is -0.167. The van der Waals surface area contributed by atoms with Crippen molar-refractivity contribution < 1.29 is 14.3 Å². The summed E-state index contributed by atoms with van der Waals surface area (Å²) in [7, 11) is 0. The predicted molar refractivity (Wildman–Crippen MR) is 127 cm³/mol. The van der Waals surface area contributed by atoms with Gasteiger partial charge in [-0.05, 0) is 37.8 Å². The molecule has 9 nitrogen and oxygen atoms in total. The topological polar surface area (TPSA) is 101 Å². The van der Waals surface area contributed by atoms with E-state index in [0.717, 1.165) is 62.7 Å². The maximum absolute atomic E-state index is 12.8. The highest BCUT2D eigenvalue weighted by Crippen LogP contribution is 2.41. The van der Waals surface area contributed by atoms with Crippen LogP contribution in [0.15, 0.2) is 29.4 Å². The van der Waals surface area contributed by atoms with E-state index in [2.05, 4.69) is 30.3 Å². The molecule has 0 radical (unpaired) electrons. The molecular weight excluding hydrogens is 440 g/mol. The third-order valence-corrected chi connectivity index (χ3v) is 7.26. The van der Waals surface area contributed by atoms with E-state index in [-0.39, 0.29) is 23.6 Å². The lowest BCUT2D eigenvalue weighted by Crippen LogP contribution is -2.38. The number of benzene rings is 1. The van der Waals surface area contributed by atoms with Crippen molar-refractivity contribution in [1.29, 1.82) is 0 Å². The van der Waals surface area contributed by atoms with E-state index >= 15 is 0 Å². The van der Waals surface area contributed by atoms with Crippen molar-refractivity contribution in [1.82, 2.24) is 20.1 Å². The largest absolute Gasteiger partial charge is 0.378 e. The third-order valence-electron chi connectivity index (χ3n) is 6.32. The number of hydrogen-bond donors (Lipinski definition) is 2. The van der Waals surface area contributed by atoms with Gasteiger partial charge in [-0.15, -0.1) is 10.2 Å². The van der Waals surface area contributed by atoms with E-state index in [1.54, 1.807) is 12.1 Å². The van der Waals surface area contributed by atoms with Gasteiger partial charge in [0.15, 0.2) is 5.16 Å². The van der Waals surface area contributed by atoms with Gasteiger partial charge < -0.3 is 20.3 Å². The number of para-hydroxylation sites is 1. The Kier molecular flexibility index (Phi) is 6.82. The van der Waals surface area contributed by atoms with Crippen LogP contribution in [0.3, 0.4) is 0 Å². The molecule has 0 spiro atoms. The van der Waals surface area contributed by atoms with Gasteiger partial charge in [0.25, 0.3) is 5.91 Å². The Morgan fingerprint density at radius 1 is 1.06 bits per heavy atom. The highest BCUT2D eigenvalue weighted by molar-refractivity contribution is 7.99. The quantitative estimate of drug-likeness (QED) is 0.572. The SMILES string of the molecule is O=C(CSc1nnc(N2CCOCC2)n1C1CC1)Nc1ccccc1C(=O)NC1CCCC1. The summed E-state index contributed by atoms with van der Waals surface area (Å²) in [6.45, 7) is 2.98. The number of thioether (sulfide) groups is 1. The Morgan fingerprint density at radius 3 is 2.58 bits per heavy atom. The number of aromatic nitrogens is 3. The predicted octanol–water partition coefficient (Wildman–Crippen LogP) is 2.85. The van der Waals surface area contributed by atoms with Gasteiger partial charge in [0, 0.05) is 25.2 Å². The molecule has 1 aliphatic heterocycles. The molecule has 1 saturated heterocycles. The number of anilines is 2. The smallest absolute Gasteiger partial charge is 0.253 e. The molecule has 2 heterocycles. The van der Waals surface area contributed by atoms with E-state index in [1.807, 2.05) is 12.1 Å². The van der Waals surface area contributed by atoms with Gasteiger partial charge in [0.1, 0.15) is 0 Å². The van der Waals surface area contributed by atoms with Crippen LogP contribution in [0.5, 0.6) is 0 Å². The first-order valence-corrected chi connectivity index (χ1v) is 12.8. The second kappa shape index (κ2) is 10.1. The van der Waals surface area contributed by atoms with Gasteiger partial charge in [0.05, 0.1) is 30.2 Å². The average molecular weight is 471 g/mol. The molecule has 0 unspecified atom stereocenters. The summed E-state index contributed by atoms with van der Waals surface area (Å²) >= 11 is 1.39. The first-order chi connectivity index (χ1) is 16.2. The first kappa shape index (κ1) is 22.2. The van der Waals surface area contributed by atoms with Crippen molar-refractivity contribution in [2.45, 2.75) is 55.8 Å². The molecule has 2 amide bonds. The number of carbonyl (C=O) groups is 2. The van der Waals surface area contributed by atoms with E-state index in [4.69, 9.17) is 4.74 Å². The summed E-state index contributed by atoms with van der Waals surface area (Å²) in [6.07, 6.45) is 6.56. The van der Waals surface area contributed by atoms with Gasteiger partial charge in [-0.1, -0.05) is 36.7 Å². The second-order valence-corrected chi connectivity index (χ2v) is 9.76. The summed E-state index contributed by atoms with van der Waals surface area (Å²) in [4.78, 5) is 27.7. The van der Waals surface area contributed by atoms with Crippen molar-refractivity contribution in [2.24, 2.45) is 0 Å². The van der Waals surface area contributed by atoms with Crippen LogP contribution in [0.4, 0.5) is 11.6 Å². The molecule has 3 fully saturated rings. The van der Waals surface area contributed by atoms with Crippen LogP contribution < -0.4 is 15.5 Å². The van der Waals surface area contributed by atoms with E-state index < -0.39 is 0 Å². The molecule has 1 aromatic carbocycles. The number of amides is 2. The highest BCUT2D eigenvalue weighted by Gasteiger charge is 2.32. The van der Waals surface area contributed by atoms with Crippen molar-refractivity contribution in [3.05, 3.63) is 29.8 Å². The minimum absolute atomic E-state index is 0.130. The number of rotatable bonds is 8. The summed E-state index contributed by atoms with van der Waals surface area (Å²) < 4.78 is 7.63. The summed E-state index contributed by atoms with van der Waals surface area (Å²) in [6, 6.07) is 7.81. The fraction of sp³-hybridized carbons (Fsp3) is 0.565. The lowest BCUT2D eigenvalue weighted by atomic mass is 10.1. The van der Waals surface area contributed by atoms with Crippen LogP contribution in [-0.4, -0.2) is 64.7 Å². The van der Waals surface area contributed by atoms with Crippen molar-refractivity contribution in [3.8, 4) is 0 Å². The highest BCUT2D eigenvalue weighted by atomic mass is 32.2. The molecule has 2 N–H and O–H groups in total. The molecule has 0 atom stereocenters. The molecule has 2 aliphatic carbocycles. The first-order valence-electron chi connectivity index (χ1n) is 11.8. The minimum Gasteiger partial charge on any atom is -0.378 e. The normalized spacial score (nSPS) is 19.0. The molecule has 10 heteroatoms. The van der Waals surface area contributed by atoms with E-state index in [1.165, 1.54) is 11.8 Å². The van der Waals surface area contributed by atoms with Crippen LogP contribution in [0.1, 0.15) is 54.9 Å². The lowest BCUT2D eigenvalue weighted by molar-refractivity contribution is -0.113. The van der Waals surface area contributed by atoms with Gasteiger partial charge >= 0.3 is 0 Å². The van der Waals surface area contributed by atoms with E-state index in [0.29, 0.717) is 30.5 Å². The van der Waals surface area contributed by atoms with Gasteiger partial charge in [-0.25, -0.2) is 0 Å². The maximum Gasteiger partial charge on any atom is 0.253 e. The standard InChI is InChI=1S/C23H30N6O3S/c30-20(25-19-8-4-3-7-18(19)21(31)24-16-5-1-2-6-16)15-33-23-27-26-22(29(23)17-9-10-17)28-11-13-32-14-12-28/h3-4,7-8,16-17H,1-2,5-6,9-15H2,(H,24,31)(H,25,30). The average Bonchev–Trinajstić information content (AvgIpc) is 3.37. The molecule has 3 aliphatic rings. The molecule has 2 saturated carbocycles. The molecular formula is C23H30N6O3S. The Bertz CT molecular complexity index is 996. The zero-order valence-corrected chi connectivity index (χ0v) is 19.5. The molecule has 1 aromatic heterocycles. The number of morpholine rings is 1. The van der Waals surface area contributed by atoms with Crippen LogP contribution >= 0.6 is 11.8 Å². The number of carbonyl (C=O) groups excluding carboxylic acids is 2. The zero-order valence-electron chi connectivity index (χ0n) is 18.7. The summed E-state index contributed by atoms with van der Waals surface area (Å²) in [5, 5.41) is 15.6. The fourth-order valence-electron chi connectivity index (χ4n) is 4.44. The Balaban J connectivity index is 1.22. The van der Waals surface area contributed by atoms with Crippen molar-refractivity contribution in [2.75, 3.05) is 42.3 Å². The summed E-state index contributed by atoms with van der Waals surface area (Å²) in [5.74, 6) is 0.776. The van der Waals surface area contributed by atoms with Crippen molar-refractivity contribution >= 4 is 35.2 Å². The van der Waals surface area contributed by atoms with Crippen LogP contribution in [-0.2, 0) is 9.53 Å². The fourth-order valence-corrected chi connectivity index (χ4v) is 5.24. The number of nitrogens with zero attached hydrogens (tertiary/aromatic N) is 4. The monoisotopic (exact) mass is 470 g/mol. The van der Waals surface area contributed by atoms with E-state index in [9.17, 15) is 9.59 Å². The van der Waals surface area contributed by atoms with Gasteiger partial charge in [-0.3, -0.25) is 14.2 Å². The molecule has 5 rings (SSSR count). The Labute approximate surface area is 197 Å². The lowest BCUT2D eigenvalue weighted by Gasteiger charge is -2.27. The Morgan fingerprint density at radius 2 is 1.82 bits per heavy atom. The molecule has 0 bridgehead atoms. The van der Waals surface area contributed by atoms with Gasteiger partial charge in [-0.2, -0.15) is 0 Å². The second-order valence-electron chi connectivity index (χ2n) is 8.82. The maximum atomic E-state index is 12.8. The van der Waals surface area contributed by atoms with Crippen LogP contribution in [0.25, 0.3) is 0 Å².